The Morgan fingerprint density at radius 2 is 1.95 bits per heavy atom. The second-order valence-corrected chi connectivity index (χ2v) is 6.68. The van der Waals surface area contributed by atoms with Gasteiger partial charge in [-0.3, -0.25) is 0 Å². The van der Waals surface area contributed by atoms with E-state index in [2.05, 4.69) is 10.3 Å². The van der Waals surface area contributed by atoms with Crippen LogP contribution in [0.3, 0.4) is 0 Å². The number of nitrogens with one attached hydrogen (secondary N) is 2. The van der Waals surface area contributed by atoms with Crippen molar-refractivity contribution in [1.82, 2.24) is 10.3 Å². The summed E-state index contributed by atoms with van der Waals surface area (Å²) in [5.41, 5.74) is 1.76. The van der Waals surface area contributed by atoms with E-state index in [0.29, 0.717) is 6.54 Å². The number of aliphatic hydroxyl groups is 1. The zero-order valence-corrected chi connectivity index (χ0v) is 13.0. The van der Waals surface area contributed by atoms with Crippen LogP contribution in [0.5, 0.6) is 0 Å². The highest BCUT2D eigenvalue weighted by Crippen LogP contribution is 2.27. The number of halogens is 1. The summed E-state index contributed by atoms with van der Waals surface area (Å²) in [6.07, 6.45) is 8.66. The minimum atomic E-state index is -0.522. The van der Waals surface area contributed by atoms with Gasteiger partial charge in [-0.25, -0.2) is 0 Å². The van der Waals surface area contributed by atoms with Crippen LogP contribution >= 0.6 is 11.6 Å². The average Bonchev–Trinajstić information content (AvgIpc) is 2.71. The Morgan fingerprint density at radius 1 is 1.19 bits per heavy atom. The lowest BCUT2D eigenvalue weighted by molar-refractivity contribution is 0.0250. The van der Waals surface area contributed by atoms with Crippen LogP contribution in [-0.4, -0.2) is 22.2 Å². The van der Waals surface area contributed by atoms with Crippen molar-refractivity contribution in [2.45, 2.75) is 50.7 Å². The third kappa shape index (κ3) is 3.60. The van der Waals surface area contributed by atoms with Gasteiger partial charge in [-0.1, -0.05) is 43.4 Å². The van der Waals surface area contributed by atoms with E-state index >= 15 is 0 Å². The lowest BCUT2D eigenvalue weighted by Crippen LogP contribution is -2.39. The third-order valence-corrected chi connectivity index (χ3v) is 4.77. The van der Waals surface area contributed by atoms with Crippen molar-refractivity contribution in [2.24, 2.45) is 0 Å². The SMILES string of the molecule is OC1(CNCc2c[nH]c3cc(Cl)ccc23)CCCCCC1. The van der Waals surface area contributed by atoms with E-state index in [9.17, 15) is 5.11 Å². The summed E-state index contributed by atoms with van der Waals surface area (Å²) in [6, 6.07) is 5.91. The van der Waals surface area contributed by atoms with Crippen molar-refractivity contribution in [3.05, 3.63) is 35.0 Å². The average molecular weight is 307 g/mol. The lowest BCUT2D eigenvalue weighted by atomic mass is 9.94. The zero-order chi connectivity index (χ0) is 14.7. The molecule has 1 fully saturated rings. The standard InChI is InChI=1S/C17H23ClN2O/c18-14-5-6-15-13(11-20-16(15)9-14)10-19-12-17(21)7-3-1-2-4-8-17/h5-6,9,11,19-21H,1-4,7-8,10,12H2. The van der Waals surface area contributed by atoms with Crippen LogP contribution < -0.4 is 5.32 Å². The van der Waals surface area contributed by atoms with Crippen molar-refractivity contribution in [3.63, 3.8) is 0 Å². The Bertz CT molecular complexity index is 600. The van der Waals surface area contributed by atoms with E-state index in [1.807, 2.05) is 24.4 Å². The topological polar surface area (TPSA) is 48.0 Å². The van der Waals surface area contributed by atoms with Crippen LogP contribution in [-0.2, 0) is 6.54 Å². The molecule has 3 rings (SSSR count). The van der Waals surface area contributed by atoms with Gasteiger partial charge in [-0.05, 0) is 30.5 Å². The molecule has 1 aliphatic rings. The van der Waals surface area contributed by atoms with E-state index in [1.54, 1.807) is 0 Å². The van der Waals surface area contributed by atoms with Gasteiger partial charge < -0.3 is 15.4 Å². The molecule has 0 unspecified atom stereocenters. The molecule has 0 bridgehead atoms. The van der Waals surface area contributed by atoms with Gasteiger partial charge in [0.15, 0.2) is 0 Å². The van der Waals surface area contributed by atoms with Gasteiger partial charge in [0.1, 0.15) is 0 Å². The predicted molar refractivity (Wildman–Crippen MR) is 87.7 cm³/mol. The van der Waals surface area contributed by atoms with Gasteiger partial charge in [0, 0.05) is 35.2 Å². The largest absolute Gasteiger partial charge is 0.389 e. The van der Waals surface area contributed by atoms with Crippen LogP contribution in [0.4, 0.5) is 0 Å². The Kier molecular flexibility index (Phi) is 4.53. The fraction of sp³-hybridized carbons (Fsp3) is 0.529. The Morgan fingerprint density at radius 3 is 2.71 bits per heavy atom. The second-order valence-electron chi connectivity index (χ2n) is 6.25. The number of fused-ring (bicyclic) bond motifs is 1. The quantitative estimate of drug-likeness (QED) is 0.748. The molecule has 1 aromatic heterocycles. The highest BCUT2D eigenvalue weighted by molar-refractivity contribution is 6.31. The number of H-pyrrole nitrogens is 1. The van der Waals surface area contributed by atoms with Gasteiger partial charge in [0.25, 0.3) is 0 Å². The molecule has 0 spiro atoms. The van der Waals surface area contributed by atoms with Crippen molar-refractivity contribution in [1.29, 1.82) is 0 Å². The summed E-state index contributed by atoms with van der Waals surface area (Å²) in [4.78, 5) is 3.25. The van der Waals surface area contributed by atoms with Crippen LogP contribution in [0.1, 0.15) is 44.1 Å². The van der Waals surface area contributed by atoms with Gasteiger partial charge >= 0.3 is 0 Å². The number of hydrogen-bond donors (Lipinski definition) is 3. The minimum absolute atomic E-state index is 0.522. The molecule has 114 valence electrons. The monoisotopic (exact) mass is 306 g/mol. The van der Waals surface area contributed by atoms with E-state index in [1.165, 1.54) is 23.8 Å². The second kappa shape index (κ2) is 6.39. The summed E-state index contributed by atoms with van der Waals surface area (Å²) in [6.45, 7) is 1.44. The summed E-state index contributed by atoms with van der Waals surface area (Å²) < 4.78 is 0. The maximum absolute atomic E-state index is 10.6. The van der Waals surface area contributed by atoms with Crippen molar-refractivity contribution in [3.8, 4) is 0 Å². The molecule has 2 aromatic rings. The molecular weight excluding hydrogens is 284 g/mol. The molecule has 21 heavy (non-hydrogen) atoms. The third-order valence-electron chi connectivity index (χ3n) is 4.53. The van der Waals surface area contributed by atoms with Crippen LogP contribution in [0.15, 0.2) is 24.4 Å². The van der Waals surface area contributed by atoms with E-state index in [-0.39, 0.29) is 0 Å². The molecule has 0 saturated heterocycles. The van der Waals surface area contributed by atoms with Crippen LogP contribution in [0, 0.1) is 0 Å². The van der Waals surface area contributed by atoms with Gasteiger partial charge in [0.05, 0.1) is 5.60 Å². The zero-order valence-electron chi connectivity index (χ0n) is 12.3. The maximum Gasteiger partial charge on any atom is 0.0771 e. The van der Waals surface area contributed by atoms with Gasteiger partial charge in [-0.15, -0.1) is 0 Å². The predicted octanol–water partition coefficient (Wildman–Crippen LogP) is 4.00. The highest BCUT2D eigenvalue weighted by atomic mass is 35.5. The summed E-state index contributed by atoms with van der Waals surface area (Å²) in [7, 11) is 0. The first-order valence-corrected chi connectivity index (χ1v) is 8.23. The Balaban J connectivity index is 1.61. The molecule has 0 atom stereocenters. The molecule has 3 nitrogen and oxygen atoms in total. The molecule has 1 aliphatic carbocycles. The van der Waals surface area contributed by atoms with E-state index < -0.39 is 5.60 Å². The molecule has 0 radical (unpaired) electrons. The highest BCUT2D eigenvalue weighted by Gasteiger charge is 2.27. The first kappa shape index (κ1) is 14.9. The molecule has 0 amide bonds. The first-order valence-electron chi connectivity index (χ1n) is 7.85. The smallest absolute Gasteiger partial charge is 0.0771 e. The Hall–Kier alpha value is -1.03. The number of hydrogen-bond acceptors (Lipinski definition) is 2. The molecule has 1 heterocycles. The fourth-order valence-corrected chi connectivity index (χ4v) is 3.47. The number of rotatable bonds is 4. The molecule has 1 saturated carbocycles. The van der Waals surface area contributed by atoms with Crippen molar-refractivity contribution in [2.75, 3.05) is 6.54 Å². The van der Waals surface area contributed by atoms with Crippen LogP contribution in [0.25, 0.3) is 10.9 Å². The van der Waals surface area contributed by atoms with Gasteiger partial charge in [0.2, 0.25) is 0 Å². The Labute approximate surface area is 130 Å². The van der Waals surface area contributed by atoms with Gasteiger partial charge in [-0.2, -0.15) is 0 Å². The normalized spacial score (nSPS) is 18.8. The van der Waals surface area contributed by atoms with Crippen molar-refractivity contribution >= 4 is 22.5 Å². The van der Waals surface area contributed by atoms with Crippen molar-refractivity contribution < 1.29 is 5.11 Å². The maximum atomic E-state index is 10.6. The van der Waals surface area contributed by atoms with E-state index in [4.69, 9.17) is 11.6 Å². The molecule has 3 N–H and O–H groups in total. The number of aromatic nitrogens is 1. The fourth-order valence-electron chi connectivity index (χ4n) is 3.30. The summed E-state index contributed by atoms with van der Waals surface area (Å²) in [5.74, 6) is 0. The summed E-state index contributed by atoms with van der Waals surface area (Å²) >= 11 is 6.00. The number of aromatic amines is 1. The lowest BCUT2D eigenvalue weighted by Gasteiger charge is -2.26. The summed E-state index contributed by atoms with van der Waals surface area (Å²) in [5, 5.41) is 16.0. The molecule has 0 aliphatic heterocycles. The molecular formula is C17H23ClN2O. The first-order chi connectivity index (χ1) is 10.2. The molecule has 1 aromatic carbocycles. The van der Waals surface area contributed by atoms with Crippen LogP contribution in [0.2, 0.25) is 5.02 Å². The number of benzene rings is 1. The molecule has 4 heteroatoms. The minimum Gasteiger partial charge on any atom is -0.389 e. The van der Waals surface area contributed by atoms with E-state index in [0.717, 1.165) is 42.8 Å².